The number of pyridine rings is 1. The van der Waals surface area contributed by atoms with Crippen molar-refractivity contribution in [3.05, 3.63) is 18.0 Å². The predicted molar refractivity (Wildman–Crippen MR) is 70.3 cm³/mol. The number of carbonyl (C=O) groups is 1. The molecule has 1 unspecified atom stereocenters. The first-order valence-electron chi connectivity index (χ1n) is 5.99. The Morgan fingerprint density at radius 3 is 2.84 bits per heavy atom. The summed E-state index contributed by atoms with van der Waals surface area (Å²) in [6, 6.07) is -0.205. The summed E-state index contributed by atoms with van der Waals surface area (Å²) in [5.74, 6) is -1.06. The molecule has 0 aliphatic rings. The van der Waals surface area contributed by atoms with E-state index in [1.807, 2.05) is 6.92 Å². The van der Waals surface area contributed by atoms with Gasteiger partial charge in [-0.2, -0.15) is 5.10 Å². The number of rotatable bonds is 5. The Bertz CT molecular complexity index is 604. The zero-order valence-corrected chi connectivity index (χ0v) is 10.8. The molecule has 7 heteroatoms. The van der Waals surface area contributed by atoms with E-state index in [-0.39, 0.29) is 18.2 Å². The zero-order valence-electron chi connectivity index (χ0n) is 10.8. The van der Waals surface area contributed by atoms with Gasteiger partial charge in [0.15, 0.2) is 5.65 Å². The van der Waals surface area contributed by atoms with Crippen LogP contribution >= 0.6 is 0 Å². The second-order valence-electron chi connectivity index (χ2n) is 4.29. The Hall–Kier alpha value is -2.15. The van der Waals surface area contributed by atoms with Gasteiger partial charge in [0.05, 0.1) is 23.9 Å². The number of nitrogens with zero attached hydrogens (tertiary/aromatic N) is 3. The standard InChI is InChI=1S/C12H16N4O3/c1-3-7(6-17)15-10-8-5-14-16(2)11(8)13-4-9(10)12(18)19/h4-5,7,17H,3,6H2,1-2H3,(H,13,15)(H,18,19). The number of aryl methyl sites for hydroxylation is 1. The van der Waals surface area contributed by atoms with Crippen molar-refractivity contribution in [3.8, 4) is 0 Å². The largest absolute Gasteiger partial charge is 0.478 e. The molecule has 2 aromatic rings. The Labute approximate surface area is 109 Å². The van der Waals surface area contributed by atoms with E-state index in [2.05, 4.69) is 15.4 Å². The summed E-state index contributed by atoms with van der Waals surface area (Å²) in [4.78, 5) is 15.4. The molecule has 0 amide bonds. The number of nitrogens with one attached hydrogen (secondary N) is 1. The van der Waals surface area contributed by atoms with Crippen LogP contribution in [0.5, 0.6) is 0 Å². The topological polar surface area (TPSA) is 100 Å². The third-order valence-electron chi connectivity index (χ3n) is 3.05. The zero-order chi connectivity index (χ0) is 14.0. The van der Waals surface area contributed by atoms with Gasteiger partial charge in [-0.25, -0.2) is 9.78 Å². The van der Waals surface area contributed by atoms with Crippen molar-refractivity contribution >= 4 is 22.7 Å². The summed E-state index contributed by atoms with van der Waals surface area (Å²) in [6.07, 6.45) is 3.56. The molecule has 2 heterocycles. The Morgan fingerprint density at radius 1 is 1.53 bits per heavy atom. The van der Waals surface area contributed by atoms with E-state index in [1.54, 1.807) is 17.9 Å². The van der Waals surface area contributed by atoms with E-state index in [1.165, 1.54) is 6.20 Å². The number of hydrogen-bond donors (Lipinski definition) is 3. The molecule has 0 aliphatic carbocycles. The Balaban J connectivity index is 2.58. The molecule has 2 aromatic heterocycles. The minimum absolute atomic E-state index is 0.0698. The molecule has 7 nitrogen and oxygen atoms in total. The number of fused-ring (bicyclic) bond motifs is 1. The number of aromatic nitrogens is 3. The number of aliphatic hydroxyl groups excluding tert-OH is 1. The van der Waals surface area contributed by atoms with Crippen LogP contribution in [0.25, 0.3) is 11.0 Å². The monoisotopic (exact) mass is 264 g/mol. The summed E-state index contributed by atoms with van der Waals surface area (Å²) in [5, 5.41) is 26.2. The van der Waals surface area contributed by atoms with Crippen LogP contribution in [0.15, 0.2) is 12.4 Å². The number of carboxylic acids is 1. The van der Waals surface area contributed by atoms with Crippen LogP contribution in [0.1, 0.15) is 23.7 Å². The lowest BCUT2D eigenvalue weighted by Crippen LogP contribution is -2.24. The molecule has 0 saturated carbocycles. The molecule has 3 N–H and O–H groups in total. The smallest absolute Gasteiger partial charge is 0.339 e. The van der Waals surface area contributed by atoms with Crippen molar-refractivity contribution in [2.24, 2.45) is 7.05 Å². The summed E-state index contributed by atoms with van der Waals surface area (Å²) < 4.78 is 1.58. The molecule has 0 bridgehead atoms. The van der Waals surface area contributed by atoms with E-state index in [4.69, 9.17) is 0 Å². The fourth-order valence-electron chi connectivity index (χ4n) is 1.89. The van der Waals surface area contributed by atoms with Gasteiger partial charge in [0.25, 0.3) is 0 Å². The van der Waals surface area contributed by atoms with Crippen LogP contribution in [0.4, 0.5) is 5.69 Å². The quantitative estimate of drug-likeness (QED) is 0.740. The normalized spacial score (nSPS) is 12.6. The van der Waals surface area contributed by atoms with Crippen molar-refractivity contribution < 1.29 is 15.0 Å². The minimum Gasteiger partial charge on any atom is -0.478 e. The number of carboxylic acid groups (broad SMARTS) is 1. The molecular weight excluding hydrogens is 248 g/mol. The van der Waals surface area contributed by atoms with Crippen molar-refractivity contribution in [1.29, 1.82) is 0 Å². The number of anilines is 1. The van der Waals surface area contributed by atoms with E-state index in [0.29, 0.717) is 23.1 Å². The van der Waals surface area contributed by atoms with Crippen molar-refractivity contribution in [3.63, 3.8) is 0 Å². The van der Waals surface area contributed by atoms with Crippen LogP contribution in [0.2, 0.25) is 0 Å². The molecule has 0 fully saturated rings. The molecule has 0 saturated heterocycles. The highest BCUT2D eigenvalue weighted by Gasteiger charge is 2.18. The predicted octanol–water partition coefficient (Wildman–Crippen LogP) is 0.849. The van der Waals surface area contributed by atoms with Gasteiger partial charge in [-0.3, -0.25) is 4.68 Å². The maximum atomic E-state index is 11.3. The van der Waals surface area contributed by atoms with E-state index >= 15 is 0 Å². The summed E-state index contributed by atoms with van der Waals surface area (Å²) in [5.41, 5.74) is 1.12. The fraction of sp³-hybridized carbons (Fsp3) is 0.417. The average molecular weight is 264 g/mol. The van der Waals surface area contributed by atoms with Crippen LogP contribution in [-0.4, -0.2) is 43.6 Å². The molecule has 0 aliphatic heterocycles. The highest BCUT2D eigenvalue weighted by Crippen LogP contribution is 2.26. The van der Waals surface area contributed by atoms with Crippen LogP contribution in [-0.2, 0) is 7.05 Å². The lowest BCUT2D eigenvalue weighted by molar-refractivity contribution is 0.0697. The second kappa shape index (κ2) is 5.23. The van der Waals surface area contributed by atoms with Crippen molar-refractivity contribution in [2.45, 2.75) is 19.4 Å². The molecule has 19 heavy (non-hydrogen) atoms. The summed E-state index contributed by atoms with van der Waals surface area (Å²) in [6.45, 7) is 1.84. The lowest BCUT2D eigenvalue weighted by atomic mass is 10.1. The summed E-state index contributed by atoms with van der Waals surface area (Å²) >= 11 is 0. The lowest BCUT2D eigenvalue weighted by Gasteiger charge is -2.17. The highest BCUT2D eigenvalue weighted by atomic mass is 16.4. The number of hydrogen-bond acceptors (Lipinski definition) is 5. The molecule has 102 valence electrons. The number of aliphatic hydroxyl groups is 1. The number of aromatic carboxylic acids is 1. The van der Waals surface area contributed by atoms with Crippen LogP contribution in [0.3, 0.4) is 0 Å². The van der Waals surface area contributed by atoms with Crippen molar-refractivity contribution in [1.82, 2.24) is 14.8 Å². The average Bonchev–Trinajstić information content (AvgIpc) is 2.77. The first-order chi connectivity index (χ1) is 9.08. The maximum Gasteiger partial charge on any atom is 0.339 e. The van der Waals surface area contributed by atoms with Gasteiger partial charge in [0.1, 0.15) is 5.56 Å². The Kier molecular flexibility index (Phi) is 3.66. The summed E-state index contributed by atoms with van der Waals surface area (Å²) in [7, 11) is 1.74. The molecule has 0 radical (unpaired) electrons. The molecule has 2 rings (SSSR count). The maximum absolute atomic E-state index is 11.3. The van der Waals surface area contributed by atoms with Crippen LogP contribution in [0, 0.1) is 0 Å². The third-order valence-corrected chi connectivity index (χ3v) is 3.05. The Morgan fingerprint density at radius 2 is 2.26 bits per heavy atom. The SMILES string of the molecule is CCC(CO)Nc1c(C(=O)O)cnc2c1cnn2C. The second-order valence-corrected chi connectivity index (χ2v) is 4.29. The van der Waals surface area contributed by atoms with Gasteiger partial charge >= 0.3 is 5.97 Å². The fourth-order valence-corrected chi connectivity index (χ4v) is 1.89. The molecule has 0 spiro atoms. The van der Waals surface area contributed by atoms with Gasteiger partial charge in [-0.15, -0.1) is 0 Å². The third kappa shape index (κ3) is 2.37. The van der Waals surface area contributed by atoms with Gasteiger partial charge in [-0.1, -0.05) is 6.92 Å². The molecule has 1 atom stereocenters. The van der Waals surface area contributed by atoms with E-state index in [0.717, 1.165) is 0 Å². The molecular formula is C12H16N4O3. The highest BCUT2D eigenvalue weighted by molar-refractivity contribution is 6.03. The first kappa shape index (κ1) is 13.3. The first-order valence-corrected chi connectivity index (χ1v) is 5.99. The van der Waals surface area contributed by atoms with E-state index < -0.39 is 5.97 Å². The minimum atomic E-state index is -1.06. The van der Waals surface area contributed by atoms with Gasteiger partial charge in [0, 0.05) is 19.3 Å². The van der Waals surface area contributed by atoms with Gasteiger partial charge in [0.2, 0.25) is 0 Å². The van der Waals surface area contributed by atoms with Crippen molar-refractivity contribution in [2.75, 3.05) is 11.9 Å². The van der Waals surface area contributed by atoms with Gasteiger partial charge < -0.3 is 15.5 Å². The van der Waals surface area contributed by atoms with Gasteiger partial charge in [-0.05, 0) is 6.42 Å². The van der Waals surface area contributed by atoms with E-state index in [9.17, 15) is 15.0 Å². The molecule has 0 aromatic carbocycles. The van der Waals surface area contributed by atoms with Crippen LogP contribution < -0.4 is 5.32 Å².